The summed E-state index contributed by atoms with van der Waals surface area (Å²) >= 11 is 6.15. The Morgan fingerprint density at radius 3 is 2.37 bits per heavy atom. The summed E-state index contributed by atoms with van der Waals surface area (Å²) in [6, 6.07) is 12.8. The fourth-order valence-electron chi connectivity index (χ4n) is 3.66. The predicted molar refractivity (Wildman–Crippen MR) is 104 cm³/mol. The Morgan fingerprint density at radius 1 is 1.00 bits per heavy atom. The van der Waals surface area contributed by atoms with Gasteiger partial charge < -0.3 is 4.40 Å². The summed E-state index contributed by atoms with van der Waals surface area (Å²) in [4.78, 5) is 4.70. The summed E-state index contributed by atoms with van der Waals surface area (Å²) in [6.07, 6.45) is 4.03. The van der Waals surface area contributed by atoms with Gasteiger partial charge in [-0.3, -0.25) is 9.80 Å². The van der Waals surface area contributed by atoms with Gasteiger partial charge in [0.15, 0.2) is 0 Å². The largest absolute Gasteiger partial charge is 0.322 e. The van der Waals surface area contributed by atoms with E-state index in [-0.39, 0.29) is 5.82 Å². The first-order chi connectivity index (χ1) is 13.1. The van der Waals surface area contributed by atoms with E-state index in [1.165, 1.54) is 12.1 Å². The predicted octanol–water partition coefficient (Wildman–Crippen LogP) is 3.92. The highest BCUT2D eigenvalue weighted by Gasteiger charge is 2.20. The van der Waals surface area contributed by atoms with Gasteiger partial charge in [-0.2, -0.15) is 5.26 Å². The van der Waals surface area contributed by atoms with E-state index in [4.69, 9.17) is 11.6 Å². The summed E-state index contributed by atoms with van der Waals surface area (Å²) in [5.74, 6) is -0.304. The normalized spacial score (nSPS) is 15.9. The van der Waals surface area contributed by atoms with Gasteiger partial charge in [0, 0.05) is 62.2 Å². The third-order valence-corrected chi connectivity index (χ3v) is 5.49. The maximum atomic E-state index is 13.2. The first kappa shape index (κ1) is 18.0. The molecule has 0 N–H and O–H groups in total. The van der Waals surface area contributed by atoms with E-state index in [2.05, 4.69) is 22.1 Å². The number of pyridine rings is 1. The van der Waals surface area contributed by atoms with E-state index in [0.717, 1.165) is 61.5 Å². The highest BCUT2D eigenvalue weighted by Crippen LogP contribution is 2.22. The van der Waals surface area contributed by atoms with Gasteiger partial charge in [-0.15, -0.1) is 0 Å². The smallest absolute Gasteiger partial charge is 0.124 e. The molecule has 6 heteroatoms. The van der Waals surface area contributed by atoms with Crippen LogP contribution in [0.3, 0.4) is 0 Å². The van der Waals surface area contributed by atoms with Crippen LogP contribution in [-0.4, -0.2) is 40.4 Å². The second kappa shape index (κ2) is 7.69. The number of hydrogen-bond acceptors (Lipinski definition) is 3. The number of nitrogens with zero attached hydrogens (tertiary/aromatic N) is 4. The van der Waals surface area contributed by atoms with Crippen LogP contribution in [0.25, 0.3) is 5.52 Å². The monoisotopic (exact) mass is 382 g/mol. The van der Waals surface area contributed by atoms with Crippen LogP contribution in [0.15, 0.2) is 48.8 Å². The number of nitriles is 1. The maximum absolute atomic E-state index is 13.2. The molecule has 27 heavy (non-hydrogen) atoms. The summed E-state index contributed by atoms with van der Waals surface area (Å²) in [5, 5.41) is 10.0. The Hall–Kier alpha value is -2.39. The van der Waals surface area contributed by atoms with Gasteiger partial charge in [0.2, 0.25) is 0 Å². The lowest BCUT2D eigenvalue weighted by Crippen LogP contribution is -2.45. The Morgan fingerprint density at radius 2 is 1.70 bits per heavy atom. The van der Waals surface area contributed by atoms with Crippen molar-refractivity contribution in [2.24, 2.45) is 0 Å². The molecular weight excluding hydrogens is 363 g/mol. The second-order valence-electron chi connectivity index (χ2n) is 6.92. The molecule has 1 aromatic carbocycles. The van der Waals surface area contributed by atoms with E-state index in [1.807, 2.05) is 28.8 Å². The standard InChI is InChI=1S/C21H20ClFN4/c22-20-11-18(23)5-4-16(20)13-25-7-9-26(10-8-25)14-17-15-27-6-2-1-3-21(27)19(17)12-24/h1-6,11,15H,7-10,13-14H2. The molecule has 1 aliphatic rings. The van der Waals surface area contributed by atoms with Crippen molar-refractivity contribution in [1.29, 1.82) is 5.26 Å². The third kappa shape index (κ3) is 3.84. The molecule has 0 amide bonds. The molecule has 0 saturated carbocycles. The molecule has 0 aliphatic carbocycles. The quantitative estimate of drug-likeness (QED) is 0.686. The van der Waals surface area contributed by atoms with Gasteiger partial charge in [0.05, 0.1) is 11.1 Å². The molecule has 1 aliphatic heterocycles. The van der Waals surface area contributed by atoms with Crippen molar-refractivity contribution in [3.63, 3.8) is 0 Å². The highest BCUT2D eigenvalue weighted by molar-refractivity contribution is 6.31. The number of piperazine rings is 1. The average Bonchev–Trinajstić information content (AvgIpc) is 3.02. The molecule has 0 radical (unpaired) electrons. The van der Waals surface area contributed by atoms with Crippen LogP contribution in [-0.2, 0) is 13.1 Å². The third-order valence-electron chi connectivity index (χ3n) is 5.14. The van der Waals surface area contributed by atoms with E-state index < -0.39 is 0 Å². The molecule has 0 atom stereocenters. The molecular formula is C21H20ClFN4. The molecule has 0 spiro atoms. The minimum atomic E-state index is -0.304. The second-order valence-corrected chi connectivity index (χ2v) is 7.33. The highest BCUT2D eigenvalue weighted by atomic mass is 35.5. The number of hydrogen-bond donors (Lipinski definition) is 0. The number of fused-ring (bicyclic) bond motifs is 1. The number of halogens is 2. The van der Waals surface area contributed by atoms with Gasteiger partial charge in [-0.05, 0) is 29.8 Å². The summed E-state index contributed by atoms with van der Waals surface area (Å²) in [7, 11) is 0. The first-order valence-electron chi connectivity index (χ1n) is 9.01. The Bertz CT molecular complexity index is 999. The number of rotatable bonds is 4. The van der Waals surface area contributed by atoms with E-state index >= 15 is 0 Å². The van der Waals surface area contributed by atoms with Gasteiger partial charge in [0.25, 0.3) is 0 Å². The molecule has 1 fully saturated rings. The zero-order chi connectivity index (χ0) is 18.8. The molecule has 0 bridgehead atoms. The molecule has 2 aromatic heterocycles. The van der Waals surface area contributed by atoms with Crippen molar-refractivity contribution in [3.8, 4) is 6.07 Å². The van der Waals surface area contributed by atoms with E-state index in [9.17, 15) is 9.65 Å². The summed E-state index contributed by atoms with van der Waals surface area (Å²) in [6.45, 7) is 5.19. The number of aromatic nitrogens is 1. The van der Waals surface area contributed by atoms with Crippen molar-refractivity contribution in [3.05, 3.63) is 76.3 Å². The van der Waals surface area contributed by atoms with E-state index in [0.29, 0.717) is 5.02 Å². The minimum Gasteiger partial charge on any atom is -0.322 e. The van der Waals surface area contributed by atoms with Gasteiger partial charge in [-0.25, -0.2) is 4.39 Å². The van der Waals surface area contributed by atoms with Gasteiger partial charge in [-0.1, -0.05) is 23.7 Å². The van der Waals surface area contributed by atoms with Crippen LogP contribution in [0, 0.1) is 17.1 Å². The molecule has 4 nitrogen and oxygen atoms in total. The van der Waals surface area contributed by atoms with Gasteiger partial charge >= 0.3 is 0 Å². The lowest BCUT2D eigenvalue weighted by Gasteiger charge is -2.34. The topological polar surface area (TPSA) is 34.7 Å². The van der Waals surface area contributed by atoms with Crippen LogP contribution in [0.2, 0.25) is 5.02 Å². The zero-order valence-corrected chi connectivity index (χ0v) is 15.7. The van der Waals surface area contributed by atoms with Gasteiger partial charge in [0.1, 0.15) is 11.9 Å². The van der Waals surface area contributed by atoms with Crippen molar-refractivity contribution >= 4 is 17.1 Å². The van der Waals surface area contributed by atoms with E-state index in [1.54, 1.807) is 6.07 Å². The lowest BCUT2D eigenvalue weighted by atomic mass is 10.1. The van der Waals surface area contributed by atoms with Crippen LogP contribution in [0.4, 0.5) is 4.39 Å². The molecule has 3 aromatic rings. The minimum absolute atomic E-state index is 0.304. The summed E-state index contributed by atoms with van der Waals surface area (Å²) < 4.78 is 15.2. The van der Waals surface area contributed by atoms with Crippen LogP contribution >= 0.6 is 11.6 Å². The van der Waals surface area contributed by atoms with Crippen molar-refractivity contribution in [2.75, 3.05) is 26.2 Å². The zero-order valence-electron chi connectivity index (χ0n) is 14.9. The lowest BCUT2D eigenvalue weighted by molar-refractivity contribution is 0.122. The Kier molecular flexibility index (Phi) is 5.13. The molecule has 1 saturated heterocycles. The molecule has 0 unspecified atom stereocenters. The first-order valence-corrected chi connectivity index (χ1v) is 9.39. The van der Waals surface area contributed by atoms with Crippen LogP contribution in [0.1, 0.15) is 16.7 Å². The maximum Gasteiger partial charge on any atom is 0.124 e. The fraction of sp³-hybridized carbons (Fsp3) is 0.286. The van der Waals surface area contributed by atoms with Crippen molar-refractivity contribution in [1.82, 2.24) is 14.2 Å². The molecule has 4 rings (SSSR count). The summed E-state index contributed by atoms with van der Waals surface area (Å²) in [5.41, 5.74) is 3.74. The average molecular weight is 383 g/mol. The Labute approximate surface area is 163 Å². The fourth-order valence-corrected chi connectivity index (χ4v) is 3.89. The molecule has 3 heterocycles. The number of benzene rings is 1. The Balaban J connectivity index is 1.39. The van der Waals surface area contributed by atoms with Crippen LogP contribution in [0.5, 0.6) is 0 Å². The molecule has 138 valence electrons. The van der Waals surface area contributed by atoms with Crippen molar-refractivity contribution < 1.29 is 4.39 Å². The SMILES string of the molecule is N#Cc1c(CN2CCN(Cc3ccc(F)cc3Cl)CC2)cn2ccccc12. The van der Waals surface area contributed by atoms with Crippen molar-refractivity contribution in [2.45, 2.75) is 13.1 Å². The van der Waals surface area contributed by atoms with Crippen LogP contribution < -0.4 is 0 Å².